The van der Waals surface area contributed by atoms with Crippen LogP contribution in [0.1, 0.15) is 42.9 Å². The second kappa shape index (κ2) is 11.7. The SMILES string of the molecule is Cc1cc(-c2ccn3nc(Nc4cnc(C(=O)NCC(C)(C)O)cn4)cc3c2)c(O[C@H]2C[C@H]3COC[C@@H](C2)N3C(=O)O)cn1. The fourth-order valence-corrected chi connectivity index (χ4v) is 5.57. The molecule has 0 radical (unpaired) electrons. The normalized spacial score (nSPS) is 19.9. The fourth-order valence-electron chi connectivity index (χ4n) is 5.57. The van der Waals surface area contributed by atoms with E-state index in [0.717, 1.165) is 22.3 Å². The number of nitrogens with zero attached hydrogens (tertiary/aromatic N) is 6. The lowest BCUT2D eigenvalue weighted by molar-refractivity contribution is -0.0857. The molecule has 0 aromatic carbocycles. The fraction of sp³-hybridized carbons (Fsp3) is 0.400. The Kier molecular flexibility index (Phi) is 7.78. The lowest BCUT2D eigenvalue weighted by atomic mass is 9.92. The van der Waals surface area contributed by atoms with Crippen molar-refractivity contribution < 1.29 is 29.3 Å². The van der Waals surface area contributed by atoms with E-state index < -0.39 is 17.6 Å². The molecule has 230 valence electrons. The van der Waals surface area contributed by atoms with Crippen LogP contribution in [0.4, 0.5) is 16.4 Å². The first-order valence-corrected chi connectivity index (χ1v) is 14.3. The number of aromatic nitrogens is 5. The minimum absolute atomic E-state index is 0.0892. The summed E-state index contributed by atoms with van der Waals surface area (Å²) in [7, 11) is 0. The third kappa shape index (κ3) is 6.40. The lowest BCUT2D eigenvalue weighted by Crippen LogP contribution is -2.60. The molecule has 0 aliphatic carbocycles. The van der Waals surface area contributed by atoms with E-state index in [-0.39, 0.29) is 30.4 Å². The molecule has 0 unspecified atom stereocenters. The predicted molar refractivity (Wildman–Crippen MR) is 159 cm³/mol. The van der Waals surface area contributed by atoms with Gasteiger partial charge in [-0.3, -0.25) is 14.7 Å². The van der Waals surface area contributed by atoms with Gasteiger partial charge in [0, 0.05) is 42.9 Å². The van der Waals surface area contributed by atoms with Gasteiger partial charge in [-0.25, -0.2) is 19.3 Å². The van der Waals surface area contributed by atoms with Gasteiger partial charge in [0.15, 0.2) is 5.82 Å². The maximum atomic E-state index is 12.3. The Morgan fingerprint density at radius 3 is 2.52 bits per heavy atom. The van der Waals surface area contributed by atoms with E-state index in [9.17, 15) is 19.8 Å². The molecule has 4 aromatic heterocycles. The average Bonchev–Trinajstić information content (AvgIpc) is 3.37. The van der Waals surface area contributed by atoms with E-state index in [1.54, 1.807) is 24.6 Å². The number of hydrogen-bond donors (Lipinski definition) is 4. The quantitative estimate of drug-likeness (QED) is 0.233. The van der Waals surface area contributed by atoms with Gasteiger partial charge in [-0.2, -0.15) is 5.10 Å². The molecule has 2 amide bonds. The minimum Gasteiger partial charge on any atom is -0.488 e. The Morgan fingerprint density at radius 2 is 1.84 bits per heavy atom. The number of pyridine rings is 2. The van der Waals surface area contributed by atoms with Crippen LogP contribution in [0.15, 0.2) is 49.1 Å². The number of anilines is 2. The first-order valence-electron chi connectivity index (χ1n) is 14.3. The smallest absolute Gasteiger partial charge is 0.407 e. The number of nitrogens with one attached hydrogen (secondary N) is 2. The Morgan fingerprint density at radius 1 is 1.07 bits per heavy atom. The summed E-state index contributed by atoms with van der Waals surface area (Å²) in [5.74, 6) is 1.16. The summed E-state index contributed by atoms with van der Waals surface area (Å²) in [6, 6.07) is 7.31. The first kappa shape index (κ1) is 29.3. The number of amides is 2. The van der Waals surface area contributed by atoms with E-state index in [0.29, 0.717) is 43.4 Å². The number of ether oxygens (including phenoxy) is 2. The van der Waals surface area contributed by atoms with E-state index in [2.05, 4.69) is 30.7 Å². The number of piperidine rings is 1. The highest BCUT2D eigenvalue weighted by molar-refractivity contribution is 5.92. The largest absolute Gasteiger partial charge is 0.488 e. The zero-order valence-electron chi connectivity index (χ0n) is 24.6. The third-order valence-corrected chi connectivity index (χ3v) is 7.59. The minimum atomic E-state index is -1.03. The lowest BCUT2D eigenvalue weighted by Gasteiger charge is -2.46. The molecule has 0 saturated carbocycles. The molecule has 0 spiro atoms. The van der Waals surface area contributed by atoms with Crippen LogP contribution in [0, 0.1) is 6.92 Å². The number of carboxylic acid groups (broad SMARTS) is 1. The standard InChI is InChI=1S/C30H34N8O6/c1-17-6-23(25(12-31-17)44-22-8-20-14-43-15-21(9-22)38(20)29(40)41)18-4-5-37-19(7-18)10-26(36-37)35-27-13-32-24(11-33-27)28(39)34-16-30(2,3)42/h4-7,10-13,20-22,42H,8-9,14-16H2,1-3H3,(H,34,39)(H,40,41)(H,33,35,36)/t20-,21+,22-. The summed E-state index contributed by atoms with van der Waals surface area (Å²) in [5, 5.41) is 29.8. The van der Waals surface area contributed by atoms with Crippen LogP contribution in [0.25, 0.3) is 16.6 Å². The van der Waals surface area contributed by atoms with Crippen LogP contribution < -0.4 is 15.4 Å². The van der Waals surface area contributed by atoms with Gasteiger partial charge in [-0.05, 0) is 44.5 Å². The van der Waals surface area contributed by atoms with Crippen LogP contribution in [0.5, 0.6) is 5.75 Å². The molecule has 2 fully saturated rings. The Bertz CT molecular complexity index is 1670. The highest BCUT2D eigenvalue weighted by Crippen LogP contribution is 2.36. The number of carbonyl (C=O) groups is 2. The second-order valence-corrected chi connectivity index (χ2v) is 11.8. The number of fused-ring (bicyclic) bond motifs is 3. The van der Waals surface area contributed by atoms with Gasteiger partial charge in [-0.1, -0.05) is 0 Å². The maximum Gasteiger partial charge on any atom is 0.407 e. The van der Waals surface area contributed by atoms with Gasteiger partial charge < -0.3 is 30.3 Å². The number of aliphatic hydroxyl groups is 1. The van der Waals surface area contributed by atoms with Gasteiger partial charge in [0.1, 0.15) is 23.4 Å². The van der Waals surface area contributed by atoms with E-state index in [1.807, 2.05) is 37.4 Å². The first-order chi connectivity index (χ1) is 21.0. The van der Waals surface area contributed by atoms with Crippen molar-refractivity contribution in [2.75, 3.05) is 25.1 Å². The highest BCUT2D eigenvalue weighted by Gasteiger charge is 2.42. The Balaban J connectivity index is 1.17. The van der Waals surface area contributed by atoms with Crippen molar-refractivity contribution in [1.29, 1.82) is 0 Å². The van der Waals surface area contributed by atoms with Crippen LogP contribution in [-0.2, 0) is 4.74 Å². The molecule has 4 aromatic rings. The number of rotatable bonds is 8. The molecule has 44 heavy (non-hydrogen) atoms. The van der Waals surface area contributed by atoms with Crippen molar-refractivity contribution >= 4 is 29.2 Å². The van der Waals surface area contributed by atoms with Crippen LogP contribution in [-0.4, -0.2) is 95.2 Å². The molecule has 14 heteroatoms. The highest BCUT2D eigenvalue weighted by atomic mass is 16.5. The van der Waals surface area contributed by atoms with E-state index in [1.165, 1.54) is 17.3 Å². The van der Waals surface area contributed by atoms with Crippen molar-refractivity contribution in [2.24, 2.45) is 0 Å². The number of hydrogen-bond acceptors (Lipinski definition) is 10. The summed E-state index contributed by atoms with van der Waals surface area (Å²) in [6.07, 6.45) is 6.38. The van der Waals surface area contributed by atoms with E-state index in [4.69, 9.17) is 9.47 Å². The van der Waals surface area contributed by atoms with Crippen molar-refractivity contribution in [3.63, 3.8) is 0 Å². The van der Waals surface area contributed by atoms with Crippen LogP contribution in [0.3, 0.4) is 0 Å². The van der Waals surface area contributed by atoms with Crippen molar-refractivity contribution in [1.82, 2.24) is 34.8 Å². The van der Waals surface area contributed by atoms with Gasteiger partial charge in [-0.15, -0.1) is 0 Å². The average molecular weight is 603 g/mol. The number of morpholine rings is 1. The molecule has 2 aliphatic heterocycles. The predicted octanol–water partition coefficient (Wildman–Crippen LogP) is 3.03. The molecular formula is C30H34N8O6. The molecule has 3 atom stereocenters. The van der Waals surface area contributed by atoms with Crippen molar-refractivity contribution in [3.8, 4) is 16.9 Å². The van der Waals surface area contributed by atoms with Crippen molar-refractivity contribution in [2.45, 2.75) is 57.4 Å². The Hall–Kier alpha value is -4.82. The maximum absolute atomic E-state index is 12.3. The molecule has 6 heterocycles. The molecule has 2 saturated heterocycles. The zero-order valence-corrected chi connectivity index (χ0v) is 24.6. The van der Waals surface area contributed by atoms with Crippen LogP contribution in [0.2, 0.25) is 0 Å². The monoisotopic (exact) mass is 602 g/mol. The Labute approximate surface area is 253 Å². The molecule has 14 nitrogen and oxygen atoms in total. The van der Waals surface area contributed by atoms with Gasteiger partial charge >= 0.3 is 6.09 Å². The summed E-state index contributed by atoms with van der Waals surface area (Å²) in [6.45, 7) is 5.94. The number of aryl methyl sites for hydroxylation is 1. The molecular weight excluding hydrogens is 568 g/mol. The van der Waals surface area contributed by atoms with Crippen LogP contribution >= 0.6 is 0 Å². The van der Waals surface area contributed by atoms with Gasteiger partial charge in [0.2, 0.25) is 0 Å². The van der Waals surface area contributed by atoms with E-state index >= 15 is 0 Å². The number of carbonyl (C=O) groups excluding carboxylic acids is 1. The molecule has 2 aliphatic rings. The summed E-state index contributed by atoms with van der Waals surface area (Å²) in [4.78, 5) is 38.5. The molecule has 2 bridgehead atoms. The summed E-state index contributed by atoms with van der Waals surface area (Å²) >= 11 is 0. The third-order valence-electron chi connectivity index (χ3n) is 7.59. The zero-order chi connectivity index (χ0) is 31.0. The van der Waals surface area contributed by atoms with Gasteiger partial charge in [0.25, 0.3) is 5.91 Å². The topological polar surface area (TPSA) is 176 Å². The summed E-state index contributed by atoms with van der Waals surface area (Å²) in [5.41, 5.74) is 2.55. The summed E-state index contributed by atoms with van der Waals surface area (Å²) < 4.78 is 13.8. The molecule has 4 N–H and O–H groups in total. The second-order valence-electron chi connectivity index (χ2n) is 11.8. The van der Waals surface area contributed by atoms with Crippen molar-refractivity contribution in [3.05, 3.63) is 60.4 Å². The van der Waals surface area contributed by atoms with Gasteiger partial charge in [0.05, 0.1) is 55.0 Å². The molecule has 6 rings (SSSR count).